The summed E-state index contributed by atoms with van der Waals surface area (Å²) in [6.45, 7) is -1.10. The van der Waals surface area contributed by atoms with Crippen molar-refractivity contribution in [2.75, 3.05) is 38.7 Å². The third-order valence-electron chi connectivity index (χ3n) is 7.42. The Balaban J connectivity index is 1.42. The zero-order valence-electron chi connectivity index (χ0n) is 25.7. The van der Waals surface area contributed by atoms with Gasteiger partial charge < -0.3 is 35.5 Å². The number of halogens is 5. The molecule has 258 valence electrons. The van der Waals surface area contributed by atoms with Gasteiger partial charge in [-0.1, -0.05) is 41.9 Å². The summed E-state index contributed by atoms with van der Waals surface area (Å²) in [7, 11) is 1.16. The first-order chi connectivity index (χ1) is 22.9. The van der Waals surface area contributed by atoms with Crippen LogP contribution in [0.2, 0.25) is 5.02 Å². The number of nitrogens with zero attached hydrogens (tertiary/aromatic N) is 1. The number of pyridine rings is 1. The molecule has 48 heavy (non-hydrogen) atoms. The van der Waals surface area contributed by atoms with Crippen LogP contribution >= 0.6 is 11.6 Å². The number of nitrogens with one attached hydrogen (secondary N) is 4. The lowest BCUT2D eigenvalue weighted by Crippen LogP contribution is -2.49. The number of hydrogen-bond acceptors (Lipinski definition) is 8. The molecule has 3 amide bonds. The van der Waals surface area contributed by atoms with Crippen LogP contribution in [0.25, 0.3) is 0 Å². The van der Waals surface area contributed by atoms with Crippen LogP contribution in [-0.4, -0.2) is 80.9 Å². The molecule has 0 spiro atoms. The van der Waals surface area contributed by atoms with Crippen LogP contribution in [0.1, 0.15) is 29.0 Å². The smallest absolute Gasteiger partial charge is 0.407 e. The fourth-order valence-electron chi connectivity index (χ4n) is 5.08. The summed E-state index contributed by atoms with van der Waals surface area (Å²) in [4.78, 5) is 41.8. The summed E-state index contributed by atoms with van der Waals surface area (Å²) in [5, 5.41) is 10.7. The zero-order chi connectivity index (χ0) is 34.7. The van der Waals surface area contributed by atoms with Gasteiger partial charge in [-0.2, -0.15) is 13.2 Å². The van der Waals surface area contributed by atoms with E-state index in [1.54, 1.807) is 47.8 Å². The quantitative estimate of drug-likeness (QED) is 0.195. The predicted octanol–water partition coefficient (Wildman–Crippen LogP) is 4.95. The number of aromatic nitrogens is 1. The van der Waals surface area contributed by atoms with Gasteiger partial charge in [0.05, 0.1) is 32.1 Å². The molecule has 16 heteroatoms. The van der Waals surface area contributed by atoms with Crippen molar-refractivity contribution in [3.05, 3.63) is 94.5 Å². The molecule has 1 aliphatic rings. The molecule has 0 saturated carbocycles. The van der Waals surface area contributed by atoms with E-state index in [0.29, 0.717) is 41.2 Å². The van der Waals surface area contributed by atoms with Crippen LogP contribution in [0.5, 0.6) is 0 Å². The first kappa shape index (κ1) is 36.4. The number of morpholine rings is 1. The molecule has 2 heterocycles. The van der Waals surface area contributed by atoms with Crippen molar-refractivity contribution in [3.63, 3.8) is 0 Å². The van der Waals surface area contributed by atoms with Crippen LogP contribution in [0.3, 0.4) is 0 Å². The lowest BCUT2D eigenvalue weighted by atomic mass is 9.85. The Morgan fingerprint density at radius 1 is 1.08 bits per heavy atom. The third kappa shape index (κ3) is 11.1. The number of ether oxygens (including phenoxy) is 3. The number of alkyl halides is 3. The summed E-state index contributed by atoms with van der Waals surface area (Å²) >= 11 is 6.10. The average molecular weight is 696 g/mol. The topological polar surface area (TPSA) is 140 Å². The van der Waals surface area contributed by atoms with E-state index in [0.717, 1.165) is 18.9 Å². The van der Waals surface area contributed by atoms with Gasteiger partial charge in [0.2, 0.25) is 5.91 Å². The minimum Gasteiger partial charge on any atom is -0.453 e. The van der Waals surface area contributed by atoms with Gasteiger partial charge in [0.25, 0.3) is 0 Å². The fourth-order valence-corrected chi connectivity index (χ4v) is 5.21. The number of benzene rings is 2. The molecule has 0 bridgehead atoms. The Labute approximate surface area is 278 Å². The minimum absolute atomic E-state index is 0.164. The van der Waals surface area contributed by atoms with Crippen molar-refractivity contribution in [2.24, 2.45) is 0 Å². The molecule has 0 unspecified atom stereocenters. The lowest BCUT2D eigenvalue weighted by Gasteiger charge is -2.30. The van der Waals surface area contributed by atoms with Gasteiger partial charge in [0.1, 0.15) is 25.0 Å². The molecule has 1 aliphatic heterocycles. The van der Waals surface area contributed by atoms with Gasteiger partial charge in [-0.3, -0.25) is 9.78 Å². The summed E-state index contributed by atoms with van der Waals surface area (Å²) in [6, 6.07) is 13.2. The van der Waals surface area contributed by atoms with Crippen LogP contribution in [0, 0.1) is 5.82 Å². The van der Waals surface area contributed by atoms with Crippen molar-refractivity contribution in [1.82, 2.24) is 20.9 Å². The molecular weight excluding hydrogens is 662 g/mol. The minimum atomic E-state index is -4.54. The van der Waals surface area contributed by atoms with Gasteiger partial charge in [0.15, 0.2) is 0 Å². The highest BCUT2D eigenvalue weighted by atomic mass is 35.5. The maximum absolute atomic E-state index is 14.3. The largest absolute Gasteiger partial charge is 0.453 e. The second-order valence-electron chi connectivity index (χ2n) is 10.9. The van der Waals surface area contributed by atoms with Crippen molar-refractivity contribution in [3.8, 4) is 0 Å². The molecule has 3 aromatic rings. The number of para-hydroxylation sites is 1. The molecular formula is C32H34ClF4N5O6. The van der Waals surface area contributed by atoms with Gasteiger partial charge in [-0.25, -0.2) is 14.0 Å². The van der Waals surface area contributed by atoms with E-state index >= 15 is 0 Å². The molecule has 4 N–H and O–H groups in total. The second kappa shape index (κ2) is 17.1. The number of aryl methyl sites for hydroxylation is 1. The van der Waals surface area contributed by atoms with Crippen LogP contribution < -0.4 is 21.3 Å². The lowest BCUT2D eigenvalue weighted by molar-refractivity contribution is -0.124. The second-order valence-corrected chi connectivity index (χ2v) is 11.3. The van der Waals surface area contributed by atoms with Gasteiger partial charge in [-0.15, -0.1) is 0 Å². The number of carbonyl (C=O) groups is 3. The Kier molecular flexibility index (Phi) is 12.9. The maximum atomic E-state index is 14.3. The number of hydrogen-bond donors (Lipinski definition) is 4. The Morgan fingerprint density at radius 2 is 1.83 bits per heavy atom. The summed E-state index contributed by atoms with van der Waals surface area (Å²) in [6.07, 6.45) is -3.38. The van der Waals surface area contributed by atoms with Crippen LogP contribution in [0.4, 0.5) is 32.8 Å². The van der Waals surface area contributed by atoms with Crippen LogP contribution in [-0.2, 0) is 25.4 Å². The molecule has 1 saturated heterocycles. The number of amides is 3. The van der Waals surface area contributed by atoms with E-state index in [4.69, 9.17) is 25.8 Å². The monoisotopic (exact) mass is 695 g/mol. The molecule has 0 aliphatic carbocycles. The Bertz CT molecular complexity index is 1540. The summed E-state index contributed by atoms with van der Waals surface area (Å²) in [5.41, 5.74) is 2.14. The van der Waals surface area contributed by atoms with Gasteiger partial charge in [-0.05, 0) is 53.8 Å². The molecule has 1 aromatic heterocycles. The first-order valence-corrected chi connectivity index (χ1v) is 15.2. The van der Waals surface area contributed by atoms with E-state index in [1.807, 2.05) is 6.07 Å². The molecule has 11 nitrogen and oxygen atoms in total. The van der Waals surface area contributed by atoms with E-state index < -0.39 is 54.6 Å². The van der Waals surface area contributed by atoms with Crippen molar-refractivity contribution in [1.29, 1.82) is 0 Å². The molecule has 4 rings (SSSR count). The SMILES string of the molecule is COC(=O)N[C@H](C(=O)Nc1ccccc1CC[C@@H]1CN[C@H](COC(=O)NCC(F)(F)F)CO1)[C@@H](c1ccc(Cl)cc1)c1cncc(F)c1. The van der Waals surface area contributed by atoms with E-state index in [-0.39, 0.29) is 19.3 Å². The van der Waals surface area contributed by atoms with Crippen molar-refractivity contribution < 1.29 is 46.2 Å². The van der Waals surface area contributed by atoms with E-state index in [1.165, 1.54) is 12.3 Å². The Hall–Kier alpha value is -4.47. The standard InChI is InChI=1S/C32H34ClF4N5O6/c1-46-31(45)42-28(27(20-6-9-22(33)10-7-20)21-12-23(34)14-38-13-21)29(43)41-26-5-3-2-4-19(26)8-11-25-15-39-24(16-47-25)17-48-30(44)40-18-32(35,36)37/h2-7,9-10,12-14,24-25,27-28,39H,8,11,15-18H2,1H3,(H,40,44)(H,41,43)(H,42,45)/t24-,25+,27-,28-/m0/s1. The number of rotatable bonds is 12. The fraction of sp³-hybridized carbons (Fsp3) is 0.375. The van der Waals surface area contributed by atoms with E-state index in [9.17, 15) is 31.9 Å². The summed E-state index contributed by atoms with van der Waals surface area (Å²) < 4.78 is 66.6. The highest BCUT2D eigenvalue weighted by molar-refractivity contribution is 6.30. The highest BCUT2D eigenvalue weighted by Crippen LogP contribution is 2.31. The van der Waals surface area contributed by atoms with Crippen LogP contribution in [0.15, 0.2) is 67.0 Å². The molecule has 4 atom stereocenters. The van der Waals surface area contributed by atoms with Crippen molar-refractivity contribution >= 4 is 35.4 Å². The van der Waals surface area contributed by atoms with Gasteiger partial charge in [0, 0.05) is 29.4 Å². The first-order valence-electron chi connectivity index (χ1n) is 14.8. The number of methoxy groups -OCH3 is 1. The molecule has 0 radical (unpaired) electrons. The third-order valence-corrected chi connectivity index (χ3v) is 7.67. The summed E-state index contributed by atoms with van der Waals surface area (Å²) in [5.74, 6) is -2.11. The number of carbonyl (C=O) groups excluding carboxylic acids is 3. The maximum Gasteiger partial charge on any atom is 0.407 e. The molecule has 1 fully saturated rings. The number of anilines is 1. The van der Waals surface area contributed by atoms with E-state index in [2.05, 4.69) is 20.9 Å². The predicted molar refractivity (Wildman–Crippen MR) is 167 cm³/mol. The highest BCUT2D eigenvalue weighted by Gasteiger charge is 2.34. The van der Waals surface area contributed by atoms with Crippen molar-refractivity contribution in [2.45, 2.75) is 43.1 Å². The number of alkyl carbamates (subject to hydrolysis) is 2. The van der Waals surface area contributed by atoms with Gasteiger partial charge >= 0.3 is 18.4 Å². The Morgan fingerprint density at radius 3 is 2.50 bits per heavy atom. The zero-order valence-corrected chi connectivity index (χ0v) is 26.4. The average Bonchev–Trinajstić information content (AvgIpc) is 3.06. The normalized spacial score (nSPS) is 17.5. The molecule has 2 aromatic carbocycles.